The number of rotatable bonds is 4. The molecule has 0 bridgehead atoms. The number of methoxy groups -OCH3 is 1. The average molecular weight is 373 g/mol. The number of amides is 3. The van der Waals surface area contributed by atoms with Crippen molar-refractivity contribution in [2.45, 2.75) is 57.9 Å². The molecular formula is C21H31N3O3. The minimum atomic E-state index is -0.193. The van der Waals surface area contributed by atoms with Gasteiger partial charge < -0.3 is 20.3 Å². The van der Waals surface area contributed by atoms with Crippen LogP contribution in [0.1, 0.15) is 50.5 Å². The molecule has 1 aliphatic heterocycles. The molecule has 6 heteroatoms. The fourth-order valence-electron chi connectivity index (χ4n) is 4.04. The number of nitrogens with zero attached hydrogens (tertiary/aromatic N) is 1. The number of piperidine rings is 1. The molecule has 0 radical (unpaired) electrons. The Labute approximate surface area is 161 Å². The third-order valence-electron chi connectivity index (χ3n) is 5.63. The van der Waals surface area contributed by atoms with Crippen LogP contribution in [0, 0.1) is 12.8 Å². The van der Waals surface area contributed by atoms with E-state index in [4.69, 9.17) is 4.74 Å². The second-order valence-electron chi connectivity index (χ2n) is 7.76. The van der Waals surface area contributed by atoms with Crippen molar-refractivity contribution in [1.82, 2.24) is 10.2 Å². The Morgan fingerprint density at radius 3 is 2.63 bits per heavy atom. The minimum Gasteiger partial charge on any atom is -0.495 e. The lowest BCUT2D eigenvalue weighted by Crippen LogP contribution is -2.50. The van der Waals surface area contributed by atoms with Crippen LogP contribution in [0.2, 0.25) is 0 Å². The van der Waals surface area contributed by atoms with Gasteiger partial charge in [0, 0.05) is 19.1 Å². The Morgan fingerprint density at radius 2 is 1.89 bits per heavy atom. The van der Waals surface area contributed by atoms with E-state index in [1.807, 2.05) is 25.1 Å². The summed E-state index contributed by atoms with van der Waals surface area (Å²) < 4.78 is 5.34. The number of hydrogen-bond acceptors (Lipinski definition) is 3. The Morgan fingerprint density at radius 1 is 1.11 bits per heavy atom. The van der Waals surface area contributed by atoms with Gasteiger partial charge in [0.15, 0.2) is 0 Å². The summed E-state index contributed by atoms with van der Waals surface area (Å²) in [5.41, 5.74) is 1.74. The van der Waals surface area contributed by atoms with Crippen LogP contribution in [0.4, 0.5) is 10.5 Å². The number of ether oxygens (including phenoxy) is 1. The van der Waals surface area contributed by atoms with Gasteiger partial charge in [-0.1, -0.05) is 25.3 Å². The molecule has 2 N–H and O–H groups in total. The normalized spacial score (nSPS) is 20.8. The number of benzene rings is 1. The Balaban J connectivity index is 1.57. The molecule has 1 saturated heterocycles. The standard InChI is InChI=1S/C21H31N3O3/c1-15-10-11-19(27-2)18(13-15)23-20(25)16-7-6-12-24(14-16)21(26)22-17-8-4-3-5-9-17/h10-11,13,16-17H,3-9,12,14H2,1-2H3,(H,22,26)(H,23,25)/t16-/m0/s1. The molecule has 148 valence electrons. The van der Waals surface area contributed by atoms with Crippen LogP contribution < -0.4 is 15.4 Å². The first-order valence-corrected chi connectivity index (χ1v) is 10.1. The Hall–Kier alpha value is -2.24. The largest absolute Gasteiger partial charge is 0.495 e. The van der Waals surface area contributed by atoms with E-state index in [0.717, 1.165) is 37.8 Å². The van der Waals surface area contributed by atoms with Gasteiger partial charge in [-0.15, -0.1) is 0 Å². The van der Waals surface area contributed by atoms with E-state index in [1.54, 1.807) is 12.0 Å². The number of likely N-dealkylation sites (tertiary alicyclic amines) is 1. The lowest BCUT2D eigenvalue weighted by atomic mass is 9.95. The lowest BCUT2D eigenvalue weighted by molar-refractivity contribution is -0.121. The zero-order valence-electron chi connectivity index (χ0n) is 16.4. The number of urea groups is 1. The van der Waals surface area contributed by atoms with Crippen molar-refractivity contribution in [2.75, 3.05) is 25.5 Å². The van der Waals surface area contributed by atoms with Gasteiger partial charge >= 0.3 is 6.03 Å². The number of nitrogens with one attached hydrogen (secondary N) is 2. The summed E-state index contributed by atoms with van der Waals surface area (Å²) in [6, 6.07) is 5.99. The summed E-state index contributed by atoms with van der Waals surface area (Å²) in [4.78, 5) is 27.2. The van der Waals surface area contributed by atoms with E-state index in [-0.39, 0.29) is 23.9 Å². The van der Waals surface area contributed by atoms with Crippen LogP contribution in [-0.4, -0.2) is 43.1 Å². The third-order valence-corrected chi connectivity index (χ3v) is 5.63. The predicted octanol–water partition coefficient (Wildman–Crippen LogP) is 3.70. The summed E-state index contributed by atoms with van der Waals surface area (Å²) in [5, 5.41) is 6.15. The third kappa shape index (κ3) is 5.15. The monoisotopic (exact) mass is 373 g/mol. The number of hydrogen-bond donors (Lipinski definition) is 2. The topological polar surface area (TPSA) is 70.7 Å². The van der Waals surface area contributed by atoms with Crippen LogP contribution in [0.3, 0.4) is 0 Å². The van der Waals surface area contributed by atoms with Crippen LogP contribution in [0.25, 0.3) is 0 Å². The van der Waals surface area contributed by atoms with Crippen molar-refractivity contribution in [3.8, 4) is 5.75 Å². The fraction of sp³-hybridized carbons (Fsp3) is 0.619. The summed E-state index contributed by atoms with van der Waals surface area (Å²) >= 11 is 0. The zero-order chi connectivity index (χ0) is 19.2. The molecule has 2 fully saturated rings. The maximum absolute atomic E-state index is 12.8. The van der Waals surface area contributed by atoms with Gasteiger partial charge in [-0.2, -0.15) is 0 Å². The molecule has 1 saturated carbocycles. The summed E-state index contributed by atoms with van der Waals surface area (Å²) in [6.45, 7) is 3.17. The van der Waals surface area contributed by atoms with Crippen molar-refractivity contribution in [3.05, 3.63) is 23.8 Å². The second-order valence-corrected chi connectivity index (χ2v) is 7.76. The first-order valence-electron chi connectivity index (χ1n) is 10.1. The molecule has 3 rings (SSSR count). The van der Waals surface area contributed by atoms with Crippen LogP contribution in [-0.2, 0) is 4.79 Å². The number of anilines is 1. The van der Waals surface area contributed by atoms with Gasteiger partial charge in [-0.25, -0.2) is 4.79 Å². The van der Waals surface area contributed by atoms with Crippen LogP contribution >= 0.6 is 0 Å². The number of carbonyl (C=O) groups is 2. The zero-order valence-corrected chi connectivity index (χ0v) is 16.4. The molecule has 1 aliphatic carbocycles. The molecule has 1 aromatic carbocycles. The van der Waals surface area contributed by atoms with E-state index < -0.39 is 0 Å². The molecule has 1 atom stereocenters. The van der Waals surface area contributed by atoms with Crippen molar-refractivity contribution in [2.24, 2.45) is 5.92 Å². The van der Waals surface area contributed by atoms with Gasteiger partial charge in [0.05, 0.1) is 18.7 Å². The predicted molar refractivity (Wildman–Crippen MR) is 106 cm³/mol. The molecule has 3 amide bonds. The maximum Gasteiger partial charge on any atom is 0.317 e. The fourth-order valence-corrected chi connectivity index (χ4v) is 4.04. The van der Waals surface area contributed by atoms with Crippen molar-refractivity contribution in [1.29, 1.82) is 0 Å². The molecule has 27 heavy (non-hydrogen) atoms. The summed E-state index contributed by atoms with van der Waals surface area (Å²) in [5.74, 6) is 0.409. The molecule has 0 aromatic heterocycles. The highest BCUT2D eigenvalue weighted by molar-refractivity contribution is 5.94. The molecule has 2 aliphatic rings. The van der Waals surface area contributed by atoms with Gasteiger partial charge in [0.25, 0.3) is 0 Å². The SMILES string of the molecule is COc1ccc(C)cc1NC(=O)[C@H]1CCCN(C(=O)NC2CCCCC2)C1. The quantitative estimate of drug-likeness (QED) is 0.845. The van der Waals surface area contributed by atoms with E-state index >= 15 is 0 Å². The van der Waals surface area contributed by atoms with Gasteiger partial charge in [0.1, 0.15) is 5.75 Å². The van der Waals surface area contributed by atoms with E-state index in [1.165, 1.54) is 19.3 Å². The minimum absolute atomic E-state index is 0.0208. The molecular weight excluding hydrogens is 342 g/mol. The molecule has 0 spiro atoms. The van der Waals surface area contributed by atoms with Gasteiger partial charge in [-0.05, 0) is 50.3 Å². The van der Waals surface area contributed by atoms with Crippen LogP contribution in [0.5, 0.6) is 5.75 Å². The number of aryl methyl sites for hydroxylation is 1. The van der Waals surface area contributed by atoms with Crippen molar-refractivity contribution in [3.63, 3.8) is 0 Å². The number of carbonyl (C=O) groups excluding carboxylic acids is 2. The molecule has 1 heterocycles. The van der Waals surface area contributed by atoms with Crippen molar-refractivity contribution < 1.29 is 14.3 Å². The molecule has 1 aromatic rings. The highest BCUT2D eigenvalue weighted by atomic mass is 16.5. The highest BCUT2D eigenvalue weighted by Gasteiger charge is 2.30. The van der Waals surface area contributed by atoms with E-state index in [9.17, 15) is 9.59 Å². The summed E-state index contributed by atoms with van der Waals surface area (Å²) in [7, 11) is 1.60. The molecule has 0 unspecified atom stereocenters. The first-order chi connectivity index (χ1) is 13.1. The van der Waals surface area contributed by atoms with E-state index in [0.29, 0.717) is 18.0 Å². The smallest absolute Gasteiger partial charge is 0.317 e. The lowest BCUT2D eigenvalue weighted by Gasteiger charge is -2.34. The van der Waals surface area contributed by atoms with Gasteiger partial charge in [0.2, 0.25) is 5.91 Å². The highest BCUT2D eigenvalue weighted by Crippen LogP contribution is 2.27. The maximum atomic E-state index is 12.8. The van der Waals surface area contributed by atoms with Crippen molar-refractivity contribution >= 4 is 17.6 Å². The Kier molecular flexibility index (Phi) is 6.58. The molecule has 6 nitrogen and oxygen atoms in total. The average Bonchev–Trinajstić information content (AvgIpc) is 2.69. The second kappa shape index (κ2) is 9.11. The van der Waals surface area contributed by atoms with E-state index in [2.05, 4.69) is 10.6 Å². The summed E-state index contributed by atoms with van der Waals surface area (Å²) in [6.07, 6.45) is 7.42. The first kappa shape index (κ1) is 19.5. The van der Waals surface area contributed by atoms with Crippen LogP contribution in [0.15, 0.2) is 18.2 Å². The Bertz CT molecular complexity index is 671. The van der Waals surface area contributed by atoms with Gasteiger partial charge in [-0.3, -0.25) is 4.79 Å².